The second-order valence-corrected chi connectivity index (χ2v) is 4.68. The lowest BCUT2D eigenvalue weighted by Crippen LogP contribution is -2.35. The summed E-state index contributed by atoms with van der Waals surface area (Å²) in [5.74, 6) is 0.778. The first-order valence-electron chi connectivity index (χ1n) is 4.78. The van der Waals surface area contributed by atoms with Crippen molar-refractivity contribution in [2.75, 3.05) is 6.54 Å². The zero-order valence-electron chi connectivity index (χ0n) is 8.28. The van der Waals surface area contributed by atoms with Gasteiger partial charge >= 0.3 is 0 Å². The highest BCUT2D eigenvalue weighted by Gasteiger charge is 2.41. The Kier molecular flexibility index (Phi) is 2.58. The molecule has 1 aliphatic carbocycles. The van der Waals surface area contributed by atoms with Crippen LogP contribution in [0.15, 0.2) is 0 Å². The number of hydrogen-bond donors (Lipinski definition) is 1. The van der Waals surface area contributed by atoms with Crippen molar-refractivity contribution in [3.05, 3.63) is 0 Å². The van der Waals surface area contributed by atoms with E-state index in [4.69, 9.17) is 0 Å². The molecule has 1 saturated carbocycles. The maximum atomic E-state index is 3.58. The molecule has 1 heteroatoms. The zero-order valence-corrected chi connectivity index (χ0v) is 8.28. The lowest BCUT2D eigenvalue weighted by molar-refractivity contribution is 0.363. The fraction of sp³-hybridized carbons (Fsp3) is 1.00. The van der Waals surface area contributed by atoms with E-state index in [0.29, 0.717) is 11.5 Å². The Labute approximate surface area is 70.6 Å². The van der Waals surface area contributed by atoms with Crippen LogP contribution in [0.25, 0.3) is 0 Å². The number of hydrogen-bond acceptors (Lipinski definition) is 1. The summed E-state index contributed by atoms with van der Waals surface area (Å²) in [5.41, 5.74) is 0.634. The van der Waals surface area contributed by atoms with Crippen molar-refractivity contribution in [1.29, 1.82) is 0 Å². The molecule has 0 spiro atoms. The molecule has 0 saturated heterocycles. The van der Waals surface area contributed by atoms with Crippen molar-refractivity contribution in [2.45, 2.75) is 46.6 Å². The van der Waals surface area contributed by atoms with Gasteiger partial charge in [0.15, 0.2) is 0 Å². The molecular formula is C10H21N. The van der Waals surface area contributed by atoms with Crippen LogP contribution in [-0.4, -0.2) is 12.6 Å². The molecule has 1 rings (SSSR count). The normalized spacial score (nSPS) is 23.7. The molecule has 0 bridgehead atoms. The smallest absolute Gasteiger partial charge is 0.00926 e. The molecule has 1 aliphatic rings. The Bertz CT molecular complexity index is 125. The van der Waals surface area contributed by atoms with Gasteiger partial charge in [-0.15, -0.1) is 0 Å². The fourth-order valence-corrected chi connectivity index (χ4v) is 1.29. The first kappa shape index (κ1) is 9.05. The fourth-order valence-electron chi connectivity index (χ4n) is 1.29. The monoisotopic (exact) mass is 155 g/mol. The molecule has 0 aromatic heterocycles. The van der Waals surface area contributed by atoms with E-state index in [-0.39, 0.29) is 0 Å². The van der Waals surface area contributed by atoms with Crippen molar-refractivity contribution in [3.63, 3.8) is 0 Å². The van der Waals surface area contributed by atoms with Gasteiger partial charge in [-0.2, -0.15) is 0 Å². The van der Waals surface area contributed by atoms with Gasteiger partial charge in [0, 0.05) is 6.04 Å². The summed E-state index contributed by atoms with van der Waals surface area (Å²) in [6.07, 6.45) is 2.83. The summed E-state index contributed by atoms with van der Waals surface area (Å²) >= 11 is 0. The van der Waals surface area contributed by atoms with Gasteiger partial charge in [0.25, 0.3) is 0 Å². The molecule has 0 amide bonds. The van der Waals surface area contributed by atoms with Crippen LogP contribution in [0.1, 0.15) is 40.5 Å². The minimum absolute atomic E-state index is 0.634. The van der Waals surface area contributed by atoms with E-state index in [1.54, 1.807) is 0 Å². The molecule has 11 heavy (non-hydrogen) atoms. The highest BCUT2D eigenvalue weighted by atomic mass is 14.9. The molecule has 0 unspecified atom stereocenters. The minimum Gasteiger partial charge on any atom is -0.313 e. The molecular weight excluding hydrogens is 134 g/mol. The molecule has 1 nitrogen and oxygen atoms in total. The largest absolute Gasteiger partial charge is 0.313 e. The summed E-state index contributed by atoms with van der Waals surface area (Å²) in [6, 6.07) is 0.713. The lowest BCUT2D eigenvalue weighted by Gasteiger charge is -2.21. The Morgan fingerprint density at radius 3 is 2.18 bits per heavy atom. The van der Waals surface area contributed by atoms with Gasteiger partial charge in [-0.3, -0.25) is 0 Å². The van der Waals surface area contributed by atoms with Gasteiger partial charge in [-0.05, 0) is 37.6 Å². The Morgan fingerprint density at radius 1 is 1.27 bits per heavy atom. The zero-order chi connectivity index (χ0) is 8.48. The SMILES string of the molecule is CC(C)CN[C@@H](C)C1(C)CC1. The Balaban J connectivity index is 2.16. The topological polar surface area (TPSA) is 12.0 Å². The van der Waals surface area contributed by atoms with Gasteiger partial charge in [-0.25, -0.2) is 0 Å². The maximum Gasteiger partial charge on any atom is 0.00926 e. The molecule has 0 heterocycles. The van der Waals surface area contributed by atoms with Crippen LogP contribution in [-0.2, 0) is 0 Å². The van der Waals surface area contributed by atoms with E-state index in [2.05, 4.69) is 33.0 Å². The van der Waals surface area contributed by atoms with Crippen molar-refractivity contribution in [3.8, 4) is 0 Å². The quantitative estimate of drug-likeness (QED) is 0.657. The van der Waals surface area contributed by atoms with Crippen molar-refractivity contribution < 1.29 is 0 Å². The highest BCUT2D eigenvalue weighted by Crippen LogP contribution is 2.47. The third-order valence-corrected chi connectivity index (χ3v) is 2.92. The van der Waals surface area contributed by atoms with E-state index in [1.165, 1.54) is 12.8 Å². The van der Waals surface area contributed by atoms with Gasteiger partial charge in [-0.1, -0.05) is 20.8 Å². The van der Waals surface area contributed by atoms with E-state index < -0.39 is 0 Å². The Morgan fingerprint density at radius 2 is 1.82 bits per heavy atom. The third kappa shape index (κ3) is 2.48. The van der Waals surface area contributed by atoms with Crippen LogP contribution in [0.3, 0.4) is 0 Å². The second-order valence-electron chi connectivity index (χ2n) is 4.68. The number of nitrogens with one attached hydrogen (secondary N) is 1. The average Bonchev–Trinajstić information content (AvgIpc) is 2.64. The van der Waals surface area contributed by atoms with Crippen LogP contribution < -0.4 is 5.32 Å². The van der Waals surface area contributed by atoms with Gasteiger partial charge in [0.2, 0.25) is 0 Å². The van der Waals surface area contributed by atoms with Crippen molar-refractivity contribution in [1.82, 2.24) is 5.32 Å². The minimum atomic E-state index is 0.634. The van der Waals surface area contributed by atoms with Crippen LogP contribution in [0.4, 0.5) is 0 Å². The van der Waals surface area contributed by atoms with Gasteiger partial charge < -0.3 is 5.32 Å². The van der Waals surface area contributed by atoms with Crippen LogP contribution in [0.5, 0.6) is 0 Å². The second kappa shape index (κ2) is 3.14. The summed E-state index contributed by atoms with van der Waals surface area (Å²) in [4.78, 5) is 0. The van der Waals surface area contributed by atoms with Crippen LogP contribution >= 0.6 is 0 Å². The Hall–Kier alpha value is -0.0400. The third-order valence-electron chi connectivity index (χ3n) is 2.92. The van der Waals surface area contributed by atoms with Crippen molar-refractivity contribution in [2.24, 2.45) is 11.3 Å². The first-order valence-corrected chi connectivity index (χ1v) is 4.78. The molecule has 1 atom stereocenters. The average molecular weight is 155 g/mol. The first-order chi connectivity index (χ1) is 5.04. The molecule has 1 fully saturated rings. The maximum absolute atomic E-state index is 3.58. The van der Waals surface area contributed by atoms with E-state index in [9.17, 15) is 0 Å². The molecule has 0 aliphatic heterocycles. The molecule has 1 N–H and O–H groups in total. The van der Waals surface area contributed by atoms with Crippen LogP contribution in [0, 0.1) is 11.3 Å². The standard InChI is InChI=1S/C10H21N/c1-8(2)7-11-9(3)10(4)5-6-10/h8-9,11H,5-7H2,1-4H3/t9-/m0/s1. The highest BCUT2D eigenvalue weighted by molar-refractivity contribution is 4.96. The summed E-state index contributed by atoms with van der Waals surface area (Å²) < 4.78 is 0. The summed E-state index contributed by atoms with van der Waals surface area (Å²) in [5, 5.41) is 3.58. The molecule has 66 valence electrons. The molecule has 0 aromatic carbocycles. The van der Waals surface area contributed by atoms with Crippen molar-refractivity contribution >= 4 is 0 Å². The predicted octanol–water partition coefficient (Wildman–Crippen LogP) is 2.42. The van der Waals surface area contributed by atoms with Gasteiger partial charge in [0.1, 0.15) is 0 Å². The lowest BCUT2D eigenvalue weighted by atomic mass is 10.0. The molecule has 0 aromatic rings. The van der Waals surface area contributed by atoms with Crippen LogP contribution in [0.2, 0.25) is 0 Å². The van der Waals surface area contributed by atoms with E-state index >= 15 is 0 Å². The van der Waals surface area contributed by atoms with E-state index in [0.717, 1.165) is 12.5 Å². The predicted molar refractivity (Wildman–Crippen MR) is 49.6 cm³/mol. The van der Waals surface area contributed by atoms with Gasteiger partial charge in [0.05, 0.1) is 0 Å². The summed E-state index contributed by atoms with van der Waals surface area (Å²) in [6.45, 7) is 10.4. The molecule has 0 radical (unpaired) electrons. The summed E-state index contributed by atoms with van der Waals surface area (Å²) in [7, 11) is 0. The van der Waals surface area contributed by atoms with E-state index in [1.807, 2.05) is 0 Å². The number of rotatable bonds is 4.